The maximum atomic E-state index is 12.5. The third kappa shape index (κ3) is 3.57. The summed E-state index contributed by atoms with van der Waals surface area (Å²) in [5.74, 6) is 0.789. The molecule has 140 valence electrons. The molecule has 1 amide bonds. The molecular weight excluding hydrogens is 330 g/mol. The Kier molecular flexibility index (Phi) is 4.87. The number of aliphatic hydroxyl groups is 1. The highest BCUT2D eigenvalue weighted by Gasteiger charge is 2.26. The van der Waals surface area contributed by atoms with Crippen LogP contribution in [0.15, 0.2) is 24.3 Å². The molecule has 3 heterocycles. The zero-order chi connectivity index (χ0) is 18.1. The van der Waals surface area contributed by atoms with E-state index in [1.165, 1.54) is 19.4 Å². The molecule has 0 saturated carbocycles. The highest BCUT2D eigenvalue weighted by atomic mass is 16.5. The van der Waals surface area contributed by atoms with Crippen molar-refractivity contribution in [1.29, 1.82) is 0 Å². The fourth-order valence-electron chi connectivity index (χ4n) is 4.07. The molecule has 0 bridgehead atoms. The van der Waals surface area contributed by atoms with E-state index in [1.54, 1.807) is 4.90 Å². The van der Waals surface area contributed by atoms with Gasteiger partial charge in [-0.25, -0.2) is 0 Å². The number of carbonyl (C=O) groups is 1. The second-order valence-electron chi connectivity index (χ2n) is 7.54. The first kappa shape index (κ1) is 17.4. The van der Waals surface area contributed by atoms with Crippen LogP contribution in [0.3, 0.4) is 0 Å². The van der Waals surface area contributed by atoms with Crippen molar-refractivity contribution in [2.24, 2.45) is 0 Å². The molecular formula is C20H27N3O3. The molecule has 2 unspecified atom stereocenters. The first-order valence-electron chi connectivity index (χ1n) is 9.53. The van der Waals surface area contributed by atoms with Crippen molar-refractivity contribution >= 4 is 16.8 Å². The summed E-state index contributed by atoms with van der Waals surface area (Å²) in [5, 5.41) is 10.6. The molecule has 2 fully saturated rings. The van der Waals surface area contributed by atoms with E-state index in [1.807, 2.05) is 24.3 Å². The molecule has 0 radical (unpaired) electrons. The molecule has 2 aromatic rings. The molecule has 4 rings (SSSR count). The van der Waals surface area contributed by atoms with Gasteiger partial charge in [0.1, 0.15) is 11.4 Å². The highest BCUT2D eigenvalue weighted by molar-refractivity contribution is 5.98. The number of likely N-dealkylation sites (tertiary alicyclic amines) is 2. The Labute approximate surface area is 153 Å². The van der Waals surface area contributed by atoms with E-state index in [4.69, 9.17) is 4.74 Å². The standard InChI is InChI=1S/C20H27N3O3/c1-22-8-2-3-15(22)7-10-26-17-4-5-18-14(11-17)12-19(21-18)20(25)23-9-6-16(24)13-23/h4-5,11-12,15-16,21,24H,2-3,6-10,13H2,1H3. The Balaban J connectivity index is 1.40. The van der Waals surface area contributed by atoms with Crippen molar-refractivity contribution in [1.82, 2.24) is 14.8 Å². The van der Waals surface area contributed by atoms with Crippen LogP contribution < -0.4 is 4.74 Å². The van der Waals surface area contributed by atoms with Crippen molar-refractivity contribution in [3.05, 3.63) is 30.0 Å². The SMILES string of the molecule is CN1CCCC1CCOc1ccc2[nH]c(C(=O)N3CCC(O)C3)cc2c1. The predicted octanol–water partition coefficient (Wildman–Crippen LogP) is 2.24. The summed E-state index contributed by atoms with van der Waals surface area (Å²) in [5.41, 5.74) is 1.50. The van der Waals surface area contributed by atoms with Gasteiger partial charge in [0.25, 0.3) is 5.91 Å². The Morgan fingerprint density at radius 3 is 2.92 bits per heavy atom. The molecule has 6 nitrogen and oxygen atoms in total. The number of hydrogen-bond acceptors (Lipinski definition) is 4. The van der Waals surface area contributed by atoms with Crippen LogP contribution in [0.25, 0.3) is 10.9 Å². The number of ether oxygens (including phenoxy) is 1. The highest BCUT2D eigenvalue weighted by Crippen LogP contribution is 2.24. The lowest BCUT2D eigenvalue weighted by atomic mass is 10.1. The number of aliphatic hydroxyl groups excluding tert-OH is 1. The topological polar surface area (TPSA) is 68.8 Å². The Morgan fingerprint density at radius 1 is 1.31 bits per heavy atom. The average molecular weight is 357 g/mol. The van der Waals surface area contributed by atoms with Crippen LogP contribution >= 0.6 is 0 Å². The smallest absolute Gasteiger partial charge is 0.270 e. The van der Waals surface area contributed by atoms with E-state index in [0.717, 1.165) is 23.1 Å². The molecule has 2 aliphatic heterocycles. The maximum absolute atomic E-state index is 12.5. The van der Waals surface area contributed by atoms with Crippen LogP contribution in [0.4, 0.5) is 0 Å². The number of benzene rings is 1. The van der Waals surface area contributed by atoms with Crippen LogP contribution in [0, 0.1) is 0 Å². The summed E-state index contributed by atoms with van der Waals surface area (Å²) in [6.45, 7) is 2.92. The van der Waals surface area contributed by atoms with Crippen molar-refractivity contribution in [2.45, 2.75) is 37.8 Å². The number of aromatic amines is 1. The summed E-state index contributed by atoms with van der Waals surface area (Å²) in [7, 11) is 2.18. The zero-order valence-corrected chi connectivity index (χ0v) is 15.3. The van der Waals surface area contributed by atoms with Gasteiger partial charge in [-0.2, -0.15) is 0 Å². The quantitative estimate of drug-likeness (QED) is 0.861. The molecule has 6 heteroatoms. The van der Waals surface area contributed by atoms with Crippen molar-refractivity contribution in [3.63, 3.8) is 0 Å². The monoisotopic (exact) mass is 357 g/mol. The van der Waals surface area contributed by atoms with Crippen molar-refractivity contribution in [2.75, 3.05) is 33.3 Å². The van der Waals surface area contributed by atoms with Crippen molar-refractivity contribution in [3.8, 4) is 5.75 Å². The first-order chi connectivity index (χ1) is 12.6. The number of nitrogens with one attached hydrogen (secondary N) is 1. The number of rotatable bonds is 5. The lowest BCUT2D eigenvalue weighted by Crippen LogP contribution is -2.29. The van der Waals surface area contributed by atoms with Gasteiger partial charge in [-0.3, -0.25) is 4.79 Å². The van der Waals surface area contributed by atoms with Gasteiger partial charge in [0.2, 0.25) is 0 Å². The Morgan fingerprint density at radius 2 is 2.19 bits per heavy atom. The predicted molar refractivity (Wildman–Crippen MR) is 101 cm³/mol. The van der Waals surface area contributed by atoms with Gasteiger partial charge < -0.3 is 24.6 Å². The summed E-state index contributed by atoms with van der Waals surface area (Å²) in [6.07, 6.45) is 3.83. The molecule has 0 spiro atoms. The number of carbonyl (C=O) groups excluding carboxylic acids is 1. The molecule has 2 saturated heterocycles. The Hall–Kier alpha value is -2.05. The van der Waals surface area contributed by atoms with Crippen LogP contribution in [-0.4, -0.2) is 71.2 Å². The molecule has 2 N–H and O–H groups in total. The first-order valence-corrected chi connectivity index (χ1v) is 9.53. The van der Waals surface area contributed by atoms with Gasteiger partial charge in [0.05, 0.1) is 12.7 Å². The zero-order valence-electron chi connectivity index (χ0n) is 15.3. The van der Waals surface area contributed by atoms with Gasteiger partial charge >= 0.3 is 0 Å². The number of fused-ring (bicyclic) bond motifs is 1. The molecule has 2 aliphatic rings. The Bertz CT molecular complexity index is 788. The van der Waals surface area contributed by atoms with Crippen LogP contribution in [0.1, 0.15) is 36.2 Å². The minimum absolute atomic E-state index is 0.0514. The van der Waals surface area contributed by atoms with Gasteiger partial charge in [-0.15, -0.1) is 0 Å². The lowest BCUT2D eigenvalue weighted by molar-refractivity contribution is 0.0760. The van der Waals surface area contributed by atoms with Crippen LogP contribution in [0.5, 0.6) is 5.75 Å². The summed E-state index contributed by atoms with van der Waals surface area (Å²) < 4.78 is 5.94. The minimum atomic E-state index is -0.401. The third-order valence-electron chi connectivity index (χ3n) is 5.66. The van der Waals surface area contributed by atoms with E-state index in [9.17, 15) is 9.90 Å². The van der Waals surface area contributed by atoms with Crippen LogP contribution in [-0.2, 0) is 0 Å². The molecule has 26 heavy (non-hydrogen) atoms. The van der Waals surface area contributed by atoms with E-state index in [2.05, 4.69) is 16.9 Å². The second kappa shape index (κ2) is 7.29. The maximum Gasteiger partial charge on any atom is 0.270 e. The molecule has 0 aliphatic carbocycles. The van der Waals surface area contributed by atoms with E-state index < -0.39 is 6.10 Å². The number of nitrogens with zero attached hydrogens (tertiary/aromatic N) is 2. The van der Waals surface area contributed by atoms with E-state index in [0.29, 0.717) is 37.9 Å². The van der Waals surface area contributed by atoms with Gasteiger partial charge in [-0.05, 0) is 63.5 Å². The number of amides is 1. The molecule has 1 aromatic heterocycles. The van der Waals surface area contributed by atoms with Crippen LogP contribution in [0.2, 0.25) is 0 Å². The minimum Gasteiger partial charge on any atom is -0.494 e. The lowest BCUT2D eigenvalue weighted by Gasteiger charge is -2.19. The van der Waals surface area contributed by atoms with Gasteiger partial charge in [0.15, 0.2) is 0 Å². The number of H-pyrrole nitrogens is 1. The summed E-state index contributed by atoms with van der Waals surface area (Å²) >= 11 is 0. The third-order valence-corrected chi connectivity index (χ3v) is 5.66. The fourth-order valence-corrected chi connectivity index (χ4v) is 4.07. The average Bonchev–Trinajstić information content (AvgIpc) is 3.34. The second-order valence-corrected chi connectivity index (χ2v) is 7.54. The molecule has 1 aromatic carbocycles. The largest absolute Gasteiger partial charge is 0.494 e. The summed E-state index contributed by atoms with van der Waals surface area (Å²) in [4.78, 5) is 19.8. The van der Waals surface area contributed by atoms with E-state index in [-0.39, 0.29) is 5.91 Å². The van der Waals surface area contributed by atoms with Crippen molar-refractivity contribution < 1.29 is 14.6 Å². The van der Waals surface area contributed by atoms with Gasteiger partial charge in [0, 0.05) is 30.0 Å². The number of hydrogen-bond donors (Lipinski definition) is 2. The number of aromatic nitrogens is 1. The van der Waals surface area contributed by atoms with Gasteiger partial charge in [-0.1, -0.05) is 0 Å². The molecule has 2 atom stereocenters. The normalized spacial score (nSPS) is 23.8. The fraction of sp³-hybridized carbons (Fsp3) is 0.550. The summed E-state index contributed by atoms with van der Waals surface area (Å²) in [6, 6.07) is 8.40. The van der Waals surface area contributed by atoms with E-state index >= 15 is 0 Å². The number of β-amino-alcohol motifs (C(OH)–C–C–N with tert-alkyl or cyclic N) is 1.